The highest BCUT2D eigenvalue weighted by Crippen LogP contribution is 1.94. The van der Waals surface area contributed by atoms with Crippen LogP contribution in [-0.2, 0) is 11.3 Å². The van der Waals surface area contributed by atoms with Gasteiger partial charge in [-0.3, -0.25) is 9.78 Å². The maximum atomic E-state index is 11.5. The molecule has 0 fully saturated rings. The summed E-state index contributed by atoms with van der Waals surface area (Å²) in [5.41, 5.74) is 1.07. The minimum Gasteiger partial charge on any atom is -0.352 e. The molecule has 0 aromatic carbocycles. The summed E-state index contributed by atoms with van der Waals surface area (Å²) >= 11 is 0. The Hall–Kier alpha value is -1.46. The molecule has 1 amide bonds. The highest BCUT2D eigenvalue weighted by Gasteiger charge is 2.00. The smallest absolute Gasteiger partial charge is 0.221 e. The Morgan fingerprint density at radius 3 is 2.67 bits per heavy atom. The molecular formula is C13H22N4O. The number of nitrogens with zero attached hydrogens (tertiary/aromatic N) is 2. The van der Waals surface area contributed by atoms with Crippen molar-refractivity contribution in [2.45, 2.75) is 13.0 Å². The van der Waals surface area contributed by atoms with Crippen LogP contribution in [0.1, 0.15) is 12.0 Å². The molecule has 0 unspecified atom stereocenters. The van der Waals surface area contributed by atoms with E-state index in [1.54, 1.807) is 12.4 Å². The summed E-state index contributed by atoms with van der Waals surface area (Å²) in [4.78, 5) is 17.6. The first-order valence-electron chi connectivity index (χ1n) is 6.19. The number of amides is 1. The summed E-state index contributed by atoms with van der Waals surface area (Å²) in [6.45, 7) is 3.18. The molecule has 0 atom stereocenters. The first-order valence-corrected chi connectivity index (χ1v) is 6.19. The van der Waals surface area contributed by atoms with Crippen molar-refractivity contribution in [3.05, 3.63) is 30.1 Å². The van der Waals surface area contributed by atoms with Crippen molar-refractivity contribution >= 4 is 5.91 Å². The third-order valence-corrected chi connectivity index (χ3v) is 2.50. The van der Waals surface area contributed by atoms with Crippen molar-refractivity contribution in [2.75, 3.05) is 33.7 Å². The fourth-order valence-corrected chi connectivity index (χ4v) is 1.42. The maximum Gasteiger partial charge on any atom is 0.221 e. The van der Waals surface area contributed by atoms with Crippen LogP contribution in [0.3, 0.4) is 0 Å². The van der Waals surface area contributed by atoms with E-state index in [0.29, 0.717) is 13.0 Å². The molecule has 0 aliphatic rings. The standard InChI is InChI=1S/C13H22N4O/c1-17(2)10-9-15-8-5-13(18)16-11-12-3-6-14-7-4-12/h3-4,6-7,15H,5,8-11H2,1-2H3,(H,16,18). The molecule has 0 aliphatic heterocycles. The van der Waals surface area contributed by atoms with Crippen molar-refractivity contribution < 1.29 is 4.79 Å². The van der Waals surface area contributed by atoms with Gasteiger partial charge in [-0.05, 0) is 31.8 Å². The van der Waals surface area contributed by atoms with Gasteiger partial charge in [0.1, 0.15) is 0 Å². The summed E-state index contributed by atoms with van der Waals surface area (Å²) in [6.07, 6.45) is 3.97. The SMILES string of the molecule is CN(C)CCNCCC(=O)NCc1ccncc1. The zero-order chi connectivity index (χ0) is 13.2. The van der Waals surface area contributed by atoms with E-state index < -0.39 is 0 Å². The van der Waals surface area contributed by atoms with E-state index in [4.69, 9.17) is 0 Å². The van der Waals surface area contributed by atoms with E-state index in [2.05, 4.69) is 20.5 Å². The largest absolute Gasteiger partial charge is 0.352 e. The van der Waals surface area contributed by atoms with Crippen LogP contribution < -0.4 is 10.6 Å². The van der Waals surface area contributed by atoms with Crippen molar-refractivity contribution in [3.63, 3.8) is 0 Å². The Balaban J connectivity index is 2.04. The minimum absolute atomic E-state index is 0.0733. The van der Waals surface area contributed by atoms with E-state index in [-0.39, 0.29) is 5.91 Å². The lowest BCUT2D eigenvalue weighted by Gasteiger charge is -2.10. The summed E-state index contributed by atoms with van der Waals surface area (Å²) in [5, 5.41) is 6.11. The second-order valence-corrected chi connectivity index (χ2v) is 4.44. The molecule has 0 bridgehead atoms. The molecule has 0 spiro atoms. The van der Waals surface area contributed by atoms with Crippen LogP contribution in [0.2, 0.25) is 0 Å². The van der Waals surface area contributed by atoms with Crippen molar-refractivity contribution in [1.29, 1.82) is 0 Å². The van der Waals surface area contributed by atoms with Gasteiger partial charge in [-0.15, -0.1) is 0 Å². The quantitative estimate of drug-likeness (QED) is 0.649. The monoisotopic (exact) mass is 250 g/mol. The van der Waals surface area contributed by atoms with Crippen LogP contribution in [0, 0.1) is 0 Å². The number of nitrogens with one attached hydrogen (secondary N) is 2. The molecule has 1 heterocycles. The molecule has 0 saturated carbocycles. The number of aromatic nitrogens is 1. The molecule has 0 radical (unpaired) electrons. The molecule has 5 nitrogen and oxygen atoms in total. The van der Waals surface area contributed by atoms with Gasteiger partial charge in [0.2, 0.25) is 5.91 Å². The minimum atomic E-state index is 0.0733. The van der Waals surface area contributed by atoms with Crippen LogP contribution in [0.4, 0.5) is 0 Å². The van der Waals surface area contributed by atoms with E-state index in [1.165, 1.54) is 0 Å². The number of likely N-dealkylation sites (N-methyl/N-ethyl adjacent to an activating group) is 1. The molecule has 0 saturated heterocycles. The van der Waals surface area contributed by atoms with Crippen molar-refractivity contribution in [1.82, 2.24) is 20.5 Å². The Morgan fingerprint density at radius 2 is 2.00 bits per heavy atom. The Morgan fingerprint density at radius 1 is 1.28 bits per heavy atom. The van der Waals surface area contributed by atoms with E-state index in [9.17, 15) is 4.79 Å². The van der Waals surface area contributed by atoms with Crippen LogP contribution in [-0.4, -0.2) is 49.5 Å². The van der Waals surface area contributed by atoms with Gasteiger partial charge in [-0.25, -0.2) is 0 Å². The maximum absolute atomic E-state index is 11.5. The van der Waals surface area contributed by atoms with Gasteiger partial charge in [0.25, 0.3) is 0 Å². The number of hydrogen-bond donors (Lipinski definition) is 2. The van der Waals surface area contributed by atoms with Gasteiger partial charge < -0.3 is 15.5 Å². The van der Waals surface area contributed by atoms with Crippen LogP contribution in [0.5, 0.6) is 0 Å². The predicted octanol–water partition coefficient (Wildman–Crippen LogP) is 0.239. The highest BCUT2D eigenvalue weighted by atomic mass is 16.1. The zero-order valence-corrected chi connectivity index (χ0v) is 11.1. The second kappa shape index (κ2) is 8.60. The summed E-state index contributed by atoms with van der Waals surface area (Å²) in [7, 11) is 4.06. The molecule has 18 heavy (non-hydrogen) atoms. The molecule has 1 rings (SSSR count). The van der Waals surface area contributed by atoms with Crippen LogP contribution in [0.25, 0.3) is 0 Å². The highest BCUT2D eigenvalue weighted by molar-refractivity contribution is 5.76. The van der Waals surface area contributed by atoms with Crippen molar-refractivity contribution in [3.8, 4) is 0 Å². The number of carbonyl (C=O) groups is 1. The lowest BCUT2D eigenvalue weighted by molar-refractivity contribution is -0.121. The first kappa shape index (κ1) is 14.6. The fraction of sp³-hybridized carbons (Fsp3) is 0.538. The zero-order valence-electron chi connectivity index (χ0n) is 11.1. The third kappa shape index (κ3) is 6.98. The second-order valence-electron chi connectivity index (χ2n) is 4.44. The predicted molar refractivity (Wildman–Crippen MR) is 72.1 cm³/mol. The first-order chi connectivity index (χ1) is 8.68. The molecule has 2 N–H and O–H groups in total. The lowest BCUT2D eigenvalue weighted by Crippen LogP contribution is -2.31. The molecule has 5 heteroatoms. The average Bonchev–Trinajstić information content (AvgIpc) is 2.37. The Kier molecular flexibility index (Phi) is 6.98. The number of hydrogen-bond acceptors (Lipinski definition) is 4. The van der Waals surface area contributed by atoms with Crippen LogP contribution in [0.15, 0.2) is 24.5 Å². The number of carbonyl (C=O) groups excluding carboxylic acids is 1. The van der Waals surface area contributed by atoms with Gasteiger partial charge in [0.05, 0.1) is 0 Å². The number of pyridine rings is 1. The summed E-state index contributed by atoms with van der Waals surface area (Å²) in [5.74, 6) is 0.0733. The Bertz CT molecular complexity index is 340. The van der Waals surface area contributed by atoms with Gasteiger partial charge >= 0.3 is 0 Å². The third-order valence-electron chi connectivity index (χ3n) is 2.50. The van der Waals surface area contributed by atoms with E-state index >= 15 is 0 Å². The summed E-state index contributed by atoms with van der Waals surface area (Å²) in [6, 6.07) is 3.80. The average molecular weight is 250 g/mol. The number of rotatable bonds is 8. The Labute approximate surface area is 109 Å². The normalized spacial score (nSPS) is 10.6. The summed E-state index contributed by atoms with van der Waals surface area (Å²) < 4.78 is 0. The van der Waals surface area contributed by atoms with Gasteiger partial charge in [-0.2, -0.15) is 0 Å². The van der Waals surface area contributed by atoms with E-state index in [1.807, 2.05) is 26.2 Å². The van der Waals surface area contributed by atoms with Crippen molar-refractivity contribution in [2.24, 2.45) is 0 Å². The molecule has 100 valence electrons. The molecular weight excluding hydrogens is 228 g/mol. The van der Waals surface area contributed by atoms with Gasteiger partial charge in [-0.1, -0.05) is 0 Å². The molecule has 1 aromatic heterocycles. The molecule has 1 aromatic rings. The molecule has 0 aliphatic carbocycles. The van der Waals surface area contributed by atoms with Gasteiger partial charge in [0, 0.05) is 45.0 Å². The topological polar surface area (TPSA) is 57.3 Å². The fourth-order valence-electron chi connectivity index (χ4n) is 1.42. The lowest BCUT2D eigenvalue weighted by atomic mass is 10.2. The van der Waals surface area contributed by atoms with E-state index in [0.717, 1.165) is 25.2 Å². The van der Waals surface area contributed by atoms with Crippen LogP contribution >= 0.6 is 0 Å². The van der Waals surface area contributed by atoms with Gasteiger partial charge in [0.15, 0.2) is 0 Å².